The number of ether oxygens (including phenoxy) is 1. The second-order valence-electron chi connectivity index (χ2n) is 9.39. The molecule has 2 amide bonds. The highest BCUT2D eigenvalue weighted by atomic mass is 35.5. The monoisotopic (exact) mass is 508 g/mol. The minimum atomic E-state index is -0.185. The van der Waals surface area contributed by atoms with Crippen molar-refractivity contribution in [2.45, 2.75) is 45.4 Å². The first-order valence-corrected chi connectivity index (χ1v) is 12.7. The summed E-state index contributed by atoms with van der Waals surface area (Å²) in [4.78, 5) is 29.9. The maximum absolute atomic E-state index is 13.2. The predicted molar refractivity (Wildman–Crippen MR) is 140 cm³/mol. The lowest BCUT2D eigenvalue weighted by Gasteiger charge is -2.39. The number of carbonyl (C=O) groups excluding carboxylic acids is 2. The number of aromatic nitrogens is 2. The molecule has 0 bridgehead atoms. The summed E-state index contributed by atoms with van der Waals surface area (Å²) in [5.74, 6) is 0.654. The molecule has 2 heterocycles. The Morgan fingerprint density at radius 3 is 2.67 bits per heavy atom. The number of amides is 2. The number of hydrogen-bond donors (Lipinski definition) is 0. The average molecular weight is 509 g/mol. The maximum Gasteiger partial charge on any atom is 0.224 e. The van der Waals surface area contributed by atoms with Gasteiger partial charge in [0.2, 0.25) is 11.8 Å². The molecule has 0 unspecified atom stereocenters. The largest absolute Gasteiger partial charge is 0.490 e. The molecule has 1 fully saturated rings. The van der Waals surface area contributed by atoms with E-state index in [0.29, 0.717) is 56.2 Å². The molecule has 4 rings (SSSR count). The van der Waals surface area contributed by atoms with Gasteiger partial charge in [0.1, 0.15) is 11.9 Å². The number of benzene rings is 2. The summed E-state index contributed by atoms with van der Waals surface area (Å²) < 4.78 is 8.14. The molecule has 36 heavy (non-hydrogen) atoms. The van der Waals surface area contributed by atoms with Crippen molar-refractivity contribution in [2.75, 3.05) is 20.1 Å². The second-order valence-corrected chi connectivity index (χ2v) is 9.82. The Morgan fingerprint density at radius 2 is 1.94 bits per heavy atom. The van der Waals surface area contributed by atoms with Crippen LogP contribution < -0.4 is 4.74 Å². The van der Waals surface area contributed by atoms with Crippen molar-refractivity contribution in [1.82, 2.24) is 19.6 Å². The second kappa shape index (κ2) is 12.1. The Kier molecular flexibility index (Phi) is 8.65. The van der Waals surface area contributed by atoms with Crippen LogP contribution in [0.3, 0.4) is 0 Å². The van der Waals surface area contributed by atoms with Gasteiger partial charge in [-0.2, -0.15) is 5.10 Å². The summed E-state index contributed by atoms with van der Waals surface area (Å²) >= 11 is 6.15. The van der Waals surface area contributed by atoms with E-state index < -0.39 is 0 Å². The van der Waals surface area contributed by atoms with Crippen LogP contribution in [0, 0.1) is 12.8 Å². The van der Waals surface area contributed by atoms with Gasteiger partial charge in [0.05, 0.1) is 0 Å². The number of carbonyl (C=O) groups is 2. The third kappa shape index (κ3) is 6.88. The van der Waals surface area contributed by atoms with Crippen molar-refractivity contribution in [3.05, 3.63) is 83.1 Å². The van der Waals surface area contributed by atoms with E-state index in [1.807, 2.05) is 72.1 Å². The molecule has 1 aliphatic heterocycles. The van der Waals surface area contributed by atoms with Crippen LogP contribution in [-0.2, 0) is 22.7 Å². The van der Waals surface area contributed by atoms with Crippen LogP contribution >= 0.6 is 11.6 Å². The molecule has 190 valence electrons. The van der Waals surface area contributed by atoms with Crippen LogP contribution in [0.25, 0.3) is 0 Å². The third-order valence-electron chi connectivity index (χ3n) is 6.69. The number of piperidine rings is 1. The molecule has 0 spiro atoms. The third-order valence-corrected chi connectivity index (χ3v) is 6.93. The van der Waals surface area contributed by atoms with Crippen LogP contribution in [0.2, 0.25) is 5.02 Å². The van der Waals surface area contributed by atoms with Gasteiger partial charge in [-0.25, -0.2) is 0 Å². The molecule has 7 nitrogen and oxygen atoms in total. The Hall–Kier alpha value is -3.32. The summed E-state index contributed by atoms with van der Waals surface area (Å²) in [7, 11) is 1.82. The first-order chi connectivity index (χ1) is 17.4. The van der Waals surface area contributed by atoms with Gasteiger partial charge in [-0.1, -0.05) is 48.0 Å². The molecule has 1 saturated heterocycles. The summed E-state index contributed by atoms with van der Waals surface area (Å²) in [6.07, 6.45) is 2.88. The molecule has 0 radical (unpaired) electrons. The van der Waals surface area contributed by atoms with Crippen molar-refractivity contribution in [2.24, 2.45) is 5.92 Å². The number of hydrogen-bond acceptors (Lipinski definition) is 4. The highest BCUT2D eigenvalue weighted by Crippen LogP contribution is 2.28. The first kappa shape index (κ1) is 25.8. The lowest BCUT2D eigenvalue weighted by molar-refractivity contribution is -0.139. The summed E-state index contributed by atoms with van der Waals surface area (Å²) in [5, 5.41) is 4.87. The molecule has 0 N–H and O–H groups in total. The Bertz CT molecular complexity index is 1170. The molecule has 0 aliphatic carbocycles. The first-order valence-electron chi connectivity index (χ1n) is 12.4. The van der Waals surface area contributed by atoms with E-state index in [4.69, 9.17) is 16.3 Å². The molecule has 2 aromatic carbocycles. The minimum Gasteiger partial charge on any atom is -0.490 e. The number of aryl methyl sites for hydroxylation is 2. The van der Waals surface area contributed by atoms with E-state index >= 15 is 0 Å². The Labute approximate surface area is 217 Å². The summed E-state index contributed by atoms with van der Waals surface area (Å²) in [5.41, 5.74) is 2.11. The Balaban J connectivity index is 1.42. The van der Waals surface area contributed by atoms with Crippen molar-refractivity contribution in [3.8, 4) is 5.75 Å². The van der Waals surface area contributed by atoms with Crippen molar-refractivity contribution >= 4 is 23.4 Å². The fourth-order valence-corrected chi connectivity index (χ4v) is 4.80. The average Bonchev–Trinajstić information content (AvgIpc) is 3.28. The molecule has 1 aromatic heterocycles. The van der Waals surface area contributed by atoms with E-state index in [-0.39, 0.29) is 23.8 Å². The van der Waals surface area contributed by atoms with E-state index in [2.05, 4.69) is 5.10 Å². The standard InChI is InChI=1S/C28H33ClN4O3/c1-21-11-14-30-33(21)16-13-27(34)32-15-12-26(36-25-10-6-9-24(29)18-25)23(20-32)17-28(35)31(2)19-22-7-4-3-5-8-22/h3-11,14,18,23,26H,12-13,15-17,19-20H2,1-2H3/t23-,26-/m0/s1. The van der Waals surface area contributed by atoms with E-state index in [1.165, 1.54) is 0 Å². The molecule has 1 aliphatic rings. The molecule has 2 atom stereocenters. The normalized spacial score (nSPS) is 17.6. The van der Waals surface area contributed by atoms with Gasteiger partial charge in [0, 0.05) is 75.3 Å². The molecular weight excluding hydrogens is 476 g/mol. The highest BCUT2D eigenvalue weighted by Gasteiger charge is 2.35. The van der Waals surface area contributed by atoms with Gasteiger partial charge in [0.15, 0.2) is 0 Å². The fourth-order valence-electron chi connectivity index (χ4n) is 4.62. The van der Waals surface area contributed by atoms with Crippen molar-refractivity contribution in [3.63, 3.8) is 0 Å². The number of halogens is 1. The van der Waals surface area contributed by atoms with Crippen molar-refractivity contribution in [1.29, 1.82) is 0 Å². The lowest BCUT2D eigenvalue weighted by atomic mass is 9.90. The van der Waals surface area contributed by atoms with Crippen molar-refractivity contribution < 1.29 is 14.3 Å². The van der Waals surface area contributed by atoms with Crippen LogP contribution in [-0.4, -0.2) is 57.6 Å². The highest BCUT2D eigenvalue weighted by molar-refractivity contribution is 6.30. The predicted octanol–water partition coefficient (Wildman–Crippen LogP) is 4.58. The van der Waals surface area contributed by atoms with Crippen LogP contribution in [0.4, 0.5) is 0 Å². The zero-order valence-electron chi connectivity index (χ0n) is 20.8. The molecule has 0 saturated carbocycles. The van der Waals surface area contributed by atoms with Crippen LogP contribution in [0.1, 0.15) is 30.5 Å². The van der Waals surface area contributed by atoms with E-state index in [9.17, 15) is 9.59 Å². The van der Waals surface area contributed by atoms with Gasteiger partial charge < -0.3 is 14.5 Å². The number of likely N-dealkylation sites (tertiary alicyclic amines) is 1. The van der Waals surface area contributed by atoms with E-state index in [0.717, 1.165) is 11.3 Å². The zero-order chi connectivity index (χ0) is 25.5. The Morgan fingerprint density at radius 1 is 1.14 bits per heavy atom. The van der Waals surface area contributed by atoms with E-state index in [1.54, 1.807) is 23.2 Å². The van der Waals surface area contributed by atoms with Gasteiger partial charge >= 0.3 is 0 Å². The maximum atomic E-state index is 13.2. The van der Waals surface area contributed by atoms with Gasteiger partial charge in [0.25, 0.3) is 0 Å². The molecule has 3 aromatic rings. The SMILES string of the molecule is Cc1ccnn1CCC(=O)N1CC[C@H](Oc2cccc(Cl)c2)[C@@H](CC(=O)N(C)Cc2ccccc2)C1. The fraction of sp³-hybridized carbons (Fsp3) is 0.393. The minimum absolute atomic E-state index is 0.0324. The summed E-state index contributed by atoms with van der Waals surface area (Å²) in [6, 6.07) is 19.2. The van der Waals surface area contributed by atoms with Gasteiger partial charge in [-0.3, -0.25) is 14.3 Å². The summed E-state index contributed by atoms with van der Waals surface area (Å²) in [6.45, 7) is 4.13. The number of nitrogens with zero attached hydrogens (tertiary/aromatic N) is 4. The zero-order valence-corrected chi connectivity index (χ0v) is 21.6. The number of rotatable bonds is 9. The lowest BCUT2D eigenvalue weighted by Crippen LogP contribution is -2.49. The topological polar surface area (TPSA) is 67.7 Å². The molecular formula is C28H33ClN4O3. The smallest absolute Gasteiger partial charge is 0.224 e. The quantitative estimate of drug-likeness (QED) is 0.424. The molecule has 8 heteroatoms. The van der Waals surface area contributed by atoms with Gasteiger partial charge in [-0.05, 0) is 36.8 Å². The van der Waals surface area contributed by atoms with Gasteiger partial charge in [-0.15, -0.1) is 0 Å². The van der Waals surface area contributed by atoms with Crippen LogP contribution in [0.15, 0.2) is 66.9 Å². The van der Waals surface area contributed by atoms with Crippen LogP contribution in [0.5, 0.6) is 5.75 Å².